The fraction of sp³-hybridized carbons (Fsp3) is 0.562. The van der Waals surface area contributed by atoms with E-state index in [1.165, 1.54) is 12.8 Å². The molecule has 4 nitrogen and oxygen atoms in total. The summed E-state index contributed by atoms with van der Waals surface area (Å²) in [4.78, 5) is 4.72. The van der Waals surface area contributed by atoms with Gasteiger partial charge in [0.2, 0.25) is 0 Å². The summed E-state index contributed by atoms with van der Waals surface area (Å²) in [7, 11) is 3.29. The predicted octanol–water partition coefficient (Wildman–Crippen LogP) is 4.32. The third-order valence-electron chi connectivity index (χ3n) is 4.29. The standard InChI is InChI=1S/C16H21ClN2O2/c1-9-5-11(6-9)19-13-8-15(21-4)14(20-3)7-12(13)18-16(19)10(2)17/h7-11H,5-6H2,1-4H3. The Morgan fingerprint density at radius 1 is 1.24 bits per heavy atom. The molecule has 2 aromatic rings. The second kappa shape index (κ2) is 5.41. The highest BCUT2D eigenvalue weighted by atomic mass is 35.5. The zero-order chi connectivity index (χ0) is 15.1. The number of hydrogen-bond donors (Lipinski definition) is 0. The summed E-state index contributed by atoms with van der Waals surface area (Å²) < 4.78 is 13.1. The molecule has 1 unspecified atom stereocenters. The molecule has 1 atom stereocenters. The largest absolute Gasteiger partial charge is 0.493 e. The van der Waals surface area contributed by atoms with Gasteiger partial charge < -0.3 is 14.0 Å². The van der Waals surface area contributed by atoms with Crippen LogP contribution in [-0.2, 0) is 0 Å². The molecule has 1 aromatic carbocycles. The molecular weight excluding hydrogens is 288 g/mol. The van der Waals surface area contributed by atoms with Crippen LogP contribution in [-0.4, -0.2) is 23.8 Å². The number of benzene rings is 1. The fourth-order valence-corrected chi connectivity index (χ4v) is 3.33. The molecule has 1 saturated carbocycles. The molecule has 0 bridgehead atoms. The van der Waals surface area contributed by atoms with E-state index >= 15 is 0 Å². The highest BCUT2D eigenvalue weighted by Gasteiger charge is 2.31. The predicted molar refractivity (Wildman–Crippen MR) is 84.5 cm³/mol. The van der Waals surface area contributed by atoms with Gasteiger partial charge in [0.25, 0.3) is 0 Å². The number of imidazole rings is 1. The van der Waals surface area contributed by atoms with Crippen molar-refractivity contribution in [1.82, 2.24) is 9.55 Å². The second-order valence-electron chi connectivity index (χ2n) is 5.88. The van der Waals surface area contributed by atoms with E-state index in [1.807, 2.05) is 19.1 Å². The van der Waals surface area contributed by atoms with E-state index in [-0.39, 0.29) is 5.38 Å². The summed E-state index contributed by atoms with van der Waals surface area (Å²) >= 11 is 6.34. The van der Waals surface area contributed by atoms with Gasteiger partial charge in [-0.25, -0.2) is 4.98 Å². The molecule has 0 amide bonds. The van der Waals surface area contributed by atoms with Crippen LogP contribution in [0.4, 0.5) is 0 Å². The highest BCUT2D eigenvalue weighted by molar-refractivity contribution is 6.20. The number of halogens is 1. The number of hydrogen-bond acceptors (Lipinski definition) is 3. The minimum Gasteiger partial charge on any atom is -0.493 e. The molecular formula is C16H21ClN2O2. The van der Waals surface area contributed by atoms with Crippen LogP contribution >= 0.6 is 11.6 Å². The maximum atomic E-state index is 6.34. The first-order valence-electron chi connectivity index (χ1n) is 7.33. The van der Waals surface area contributed by atoms with Crippen LogP contribution in [0.5, 0.6) is 11.5 Å². The number of nitrogens with zero attached hydrogens (tertiary/aromatic N) is 2. The van der Waals surface area contributed by atoms with Crippen molar-refractivity contribution >= 4 is 22.6 Å². The number of rotatable bonds is 4. The molecule has 1 fully saturated rings. The van der Waals surface area contributed by atoms with Gasteiger partial charge in [0.05, 0.1) is 30.6 Å². The highest BCUT2D eigenvalue weighted by Crippen LogP contribution is 2.43. The molecule has 1 aliphatic rings. The number of aromatic nitrogens is 2. The fourth-order valence-electron chi connectivity index (χ4n) is 3.18. The lowest BCUT2D eigenvalue weighted by Crippen LogP contribution is -2.26. The van der Waals surface area contributed by atoms with Crippen LogP contribution in [0.15, 0.2) is 12.1 Å². The zero-order valence-electron chi connectivity index (χ0n) is 12.9. The van der Waals surface area contributed by atoms with Gasteiger partial charge in [0.15, 0.2) is 11.5 Å². The monoisotopic (exact) mass is 308 g/mol. The zero-order valence-corrected chi connectivity index (χ0v) is 13.6. The number of methoxy groups -OCH3 is 2. The lowest BCUT2D eigenvalue weighted by molar-refractivity contribution is 0.216. The van der Waals surface area contributed by atoms with E-state index in [0.29, 0.717) is 11.8 Å². The van der Waals surface area contributed by atoms with E-state index in [2.05, 4.69) is 11.5 Å². The van der Waals surface area contributed by atoms with Crippen LogP contribution in [0, 0.1) is 5.92 Å². The maximum Gasteiger partial charge on any atom is 0.163 e. The van der Waals surface area contributed by atoms with Crippen molar-refractivity contribution in [2.45, 2.75) is 38.1 Å². The van der Waals surface area contributed by atoms with E-state index in [1.54, 1.807) is 14.2 Å². The average Bonchev–Trinajstić information content (AvgIpc) is 2.80. The van der Waals surface area contributed by atoms with Gasteiger partial charge >= 0.3 is 0 Å². The molecule has 114 valence electrons. The quantitative estimate of drug-likeness (QED) is 0.789. The minimum absolute atomic E-state index is 0.120. The summed E-state index contributed by atoms with van der Waals surface area (Å²) in [5, 5.41) is -0.120. The Balaban J connectivity index is 2.19. The summed E-state index contributed by atoms with van der Waals surface area (Å²) in [6.45, 7) is 4.25. The molecule has 21 heavy (non-hydrogen) atoms. The molecule has 0 radical (unpaired) electrons. The third kappa shape index (κ3) is 2.35. The molecule has 0 spiro atoms. The lowest BCUT2D eigenvalue weighted by Gasteiger charge is -2.35. The third-order valence-corrected chi connectivity index (χ3v) is 4.49. The Kier molecular flexibility index (Phi) is 3.74. The maximum absolute atomic E-state index is 6.34. The van der Waals surface area contributed by atoms with Crippen molar-refractivity contribution in [3.63, 3.8) is 0 Å². The lowest BCUT2D eigenvalue weighted by atomic mass is 9.81. The van der Waals surface area contributed by atoms with Crippen LogP contribution in [0.3, 0.4) is 0 Å². The number of ether oxygens (including phenoxy) is 2. The minimum atomic E-state index is -0.120. The summed E-state index contributed by atoms with van der Waals surface area (Å²) in [5.74, 6) is 3.13. The molecule has 3 rings (SSSR count). The topological polar surface area (TPSA) is 36.3 Å². The Morgan fingerprint density at radius 2 is 1.86 bits per heavy atom. The van der Waals surface area contributed by atoms with Crippen LogP contribution in [0.2, 0.25) is 0 Å². The van der Waals surface area contributed by atoms with Crippen molar-refractivity contribution in [3.05, 3.63) is 18.0 Å². The number of fused-ring (bicyclic) bond motifs is 1. The first kappa shape index (κ1) is 14.5. The summed E-state index contributed by atoms with van der Waals surface area (Å²) in [6, 6.07) is 4.42. The molecule has 0 aliphatic heterocycles. The summed E-state index contributed by atoms with van der Waals surface area (Å²) in [5.41, 5.74) is 1.99. The second-order valence-corrected chi connectivity index (χ2v) is 6.54. The van der Waals surface area contributed by atoms with Gasteiger partial charge in [-0.3, -0.25) is 0 Å². The van der Waals surface area contributed by atoms with Crippen LogP contribution < -0.4 is 9.47 Å². The van der Waals surface area contributed by atoms with Crippen LogP contribution in [0.25, 0.3) is 11.0 Å². The van der Waals surface area contributed by atoms with E-state index in [0.717, 1.165) is 28.5 Å². The first-order valence-corrected chi connectivity index (χ1v) is 7.76. The van der Waals surface area contributed by atoms with Crippen molar-refractivity contribution in [2.24, 2.45) is 5.92 Å². The Hall–Kier alpha value is -1.42. The Morgan fingerprint density at radius 3 is 2.38 bits per heavy atom. The molecule has 1 aliphatic carbocycles. The van der Waals surface area contributed by atoms with Crippen molar-refractivity contribution in [3.8, 4) is 11.5 Å². The van der Waals surface area contributed by atoms with Gasteiger partial charge in [0.1, 0.15) is 5.82 Å². The van der Waals surface area contributed by atoms with Gasteiger partial charge in [-0.2, -0.15) is 0 Å². The van der Waals surface area contributed by atoms with Crippen molar-refractivity contribution in [1.29, 1.82) is 0 Å². The summed E-state index contributed by atoms with van der Waals surface area (Å²) in [6.07, 6.45) is 2.35. The van der Waals surface area contributed by atoms with Gasteiger partial charge in [0, 0.05) is 18.2 Å². The molecule has 0 N–H and O–H groups in total. The van der Waals surface area contributed by atoms with Gasteiger partial charge in [-0.05, 0) is 25.7 Å². The number of alkyl halides is 1. The van der Waals surface area contributed by atoms with Crippen molar-refractivity contribution < 1.29 is 9.47 Å². The average molecular weight is 309 g/mol. The SMILES string of the molecule is COc1cc2nc(C(C)Cl)n(C3CC(C)C3)c2cc1OC. The molecule has 1 heterocycles. The molecule has 1 aromatic heterocycles. The van der Waals surface area contributed by atoms with E-state index in [9.17, 15) is 0 Å². The van der Waals surface area contributed by atoms with Gasteiger partial charge in [-0.1, -0.05) is 6.92 Å². The molecule has 5 heteroatoms. The Labute approximate surface area is 130 Å². The van der Waals surface area contributed by atoms with Crippen molar-refractivity contribution in [2.75, 3.05) is 14.2 Å². The van der Waals surface area contributed by atoms with E-state index < -0.39 is 0 Å². The molecule has 0 saturated heterocycles. The first-order chi connectivity index (χ1) is 10.0. The van der Waals surface area contributed by atoms with Crippen LogP contribution in [0.1, 0.15) is 43.9 Å². The Bertz CT molecular complexity index is 660. The smallest absolute Gasteiger partial charge is 0.163 e. The normalized spacial score (nSPS) is 22.9. The van der Waals surface area contributed by atoms with Gasteiger partial charge in [-0.15, -0.1) is 11.6 Å². The van der Waals surface area contributed by atoms with E-state index in [4.69, 9.17) is 26.1 Å².